The fourth-order valence-electron chi connectivity index (χ4n) is 1.87. The molecule has 0 fully saturated rings. The van der Waals surface area contributed by atoms with E-state index in [4.69, 9.17) is 4.42 Å². The number of halogens is 1. The summed E-state index contributed by atoms with van der Waals surface area (Å²) in [4.78, 5) is 42.8. The van der Waals surface area contributed by atoms with Crippen LogP contribution in [0.4, 0.5) is 5.82 Å². The Morgan fingerprint density at radius 1 is 1.14 bits per heavy atom. The Kier molecular flexibility index (Phi) is 3.60. The maximum absolute atomic E-state index is 12.3. The van der Waals surface area contributed by atoms with E-state index in [1.54, 1.807) is 18.2 Å². The van der Waals surface area contributed by atoms with Gasteiger partial charge in [-0.15, -0.1) is 0 Å². The number of aliphatic imine (C=N–C) groups is 1. The van der Waals surface area contributed by atoms with Crippen LogP contribution >= 0.6 is 15.9 Å². The summed E-state index contributed by atoms with van der Waals surface area (Å²) in [5, 5.41) is 0.409. The van der Waals surface area contributed by atoms with Crippen LogP contribution in [0.2, 0.25) is 0 Å². The molecular formula is C14H8BrN3O4. The lowest BCUT2D eigenvalue weighted by Gasteiger charge is -1.99. The van der Waals surface area contributed by atoms with E-state index in [-0.39, 0.29) is 16.8 Å². The van der Waals surface area contributed by atoms with Crippen LogP contribution < -0.4 is 16.7 Å². The number of hydrogen-bond acceptors (Lipinski definition) is 5. The molecule has 0 aliphatic carbocycles. The molecule has 0 spiro atoms. The molecule has 0 radical (unpaired) electrons. The van der Waals surface area contributed by atoms with E-state index in [1.165, 1.54) is 12.5 Å². The molecule has 1 aromatic carbocycles. The number of hydrogen-bond donors (Lipinski definition) is 2. The van der Waals surface area contributed by atoms with E-state index in [2.05, 4.69) is 25.9 Å². The first kappa shape index (κ1) is 14.2. The molecule has 3 aromatic rings. The van der Waals surface area contributed by atoms with Crippen molar-refractivity contribution in [2.45, 2.75) is 0 Å². The van der Waals surface area contributed by atoms with E-state index in [1.807, 2.05) is 4.98 Å². The van der Waals surface area contributed by atoms with Crippen molar-refractivity contribution < 1.29 is 4.42 Å². The average molecular weight is 362 g/mol. The summed E-state index contributed by atoms with van der Waals surface area (Å²) in [6.45, 7) is 0. The number of nitrogens with zero attached hydrogens (tertiary/aromatic N) is 1. The van der Waals surface area contributed by atoms with Gasteiger partial charge in [-0.3, -0.25) is 19.6 Å². The summed E-state index contributed by atoms with van der Waals surface area (Å²) in [6.07, 6.45) is 2.50. The molecule has 0 aliphatic heterocycles. The highest BCUT2D eigenvalue weighted by Gasteiger charge is 2.05. The molecule has 8 heteroatoms. The van der Waals surface area contributed by atoms with E-state index in [0.29, 0.717) is 11.0 Å². The molecule has 0 saturated heterocycles. The minimum atomic E-state index is -0.671. The van der Waals surface area contributed by atoms with Crippen molar-refractivity contribution >= 4 is 38.9 Å². The lowest BCUT2D eigenvalue weighted by Crippen LogP contribution is -2.20. The lowest BCUT2D eigenvalue weighted by molar-refractivity contribution is 0.601. The predicted octanol–water partition coefficient (Wildman–Crippen LogP) is 1.68. The summed E-state index contributed by atoms with van der Waals surface area (Å²) >= 11 is 3.30. The largest absolute Gasteiger partial charge is 0.463 e. The molecule has 22 heavy (non-hydrogen) atoms. The summed E-state index contributed by atoms with van der Waals surface area (Å²) in [6, 6.07) is 6.16. The Labute approximate surface area is 130 Å². The molecule has 0 aliphatic rings. The van der Waals surface area contributed by atoms with Crippen molar-refractivity contribution in [3.05, 3.63) is 71.6 Å². The molecule has 2 N–H and O–H groups in total. The average Bonchev–Trinajstić information content (AvgIpc) is 2.45. The van der Waals surface area contributed by atoms with Crippen LogP contribution in [0.5, 0.6) is 0 Å². The molecule has 2 heterocycles. The highest BCUT2D eigenvalue weighted by Crippen LogP contribution is 2.17. The topological polar surface area (TPSA) is 108 Å². The quantitative estimate of drug-likeness (QED) is 0.676. The van der Waals surface area contributed by atoms with Gasteiger partial charge in [0.25, 0.3) is 5.56 Å². The van der Waals surface area contributed by atoms with Crippen molar-refractivity contribution in [1.29, 1.82) is 0 Å². The number of nitrogens with one attached hydrogen (secondary N) is 2. The van der Waals surface area contributed by atoms with Crippen molar-refractivity contribution in [1.82, 2.24) is 9.97 Å². The van der Waals surface area contributed by atoms with Gasteiger partial charge in [-0.05, 0) is 18.2 Å². The van der Waals surface area contributed by atoms with E-state index < -0.39 is 11.2 Å². The number of aromatic nitrogens is 2. The van der Waals surface area contributed by atoms with Gasteiger partial charge < -0.3 is 4.42 Å². The first-order valence-electron chi connectivity index (χ1n) is 6.12. The van der Waals surface area contributed by atoms with Crippen molar-refractivity contribution in [2.24, 2.45) is 4.99 Å². The lowest BCUT2D eigenvalue weighted by atomic mass is 10.2. The van der Waals surface area contributed by atoms with Crippen LogP contribution in [0, 0.1) is 0 Å². The third-order valence-electron chi connectivity index (χ3n) is 2.85. The van der Waals surface area contributed by atoms with Crippen LogP contribution in [-0.2, 0) is 0 Å². The standard InChI is InChI=1S/C14H8BrN3O4/c15-8-1-2-9-10(3-8)22-6-7(13(9)20)5-16-11-4-12(19)18-14(21)17-11/h1-6H,(H2,17,18,19,21)/b16-5+. The van der Waals surface area contributed by atoms with Crippen LogP contribution in [0.15, 0.2) is 58.8 Å². The molecule has 0 unspecified atom stereocenters. The Balaban J connectivity index is 2.07. The first-order chi connectivity index (χ1) is 10.5. The first-order valence-corrected chi connectivity index (χ1v) is 6.91. The zero-order valence-electron chi connectivity index (χ0n) is 10.9. The van der Waals surface area contributed by atoms with Gasteiger partial charge in [-0.1, -0.05) is 15.9 Å². The molecule has 3 rings (SSSR count). The summed E-state index contributed by atoms with van der Waals surface area (Å²) < 4.78 is 6.18. The van der Waals surface area contributed by atoms with Gasteiger partial charge in [0, 0.05) is 16.8 Å². The highest BCUT2D eigenvalue weighted by molar-refractivity contribution is 9.10. The number of fused-ring (bicyclic) bond motifs is 1. The van der Waals surface area contributed by atoms with Gasteiger partial charge >= 0.3 is 5.69 Å². The Morgan fingerprint density at radius 3 is 2.73 bits per heavy atom. The normalized spacial score (nSPS) is 11.3. The molecule has 110 valence electrons. The van der Waals surface area contributed by atoms with Gasteiger partial charge in [0.1, 0.15) is 17.7 Å². The summed E-state index contributed by atoms with van der Waals surface area (Å²) in [5.74, 6) is 0.0454. The van der Waals surface area contributed by atoms with Crippen LogP contribution in [0.3, 0.4) is 0 Å². The van der Waals surface area contributed by atoms with E-state index in [0.717, 1.165) is 10.5 Å². The molecular weight excluding hydrogens is 354 g/mol. The van der Waals surface area contributed by atoms with Gasteiger partial charge in [0.05, 0.1) is 10.9 Å². The van der Waals surface area contributed by atoms with Crippen molar-refractivity contribution in [3.63, 3.8) is 0 Å². The summed E-state index contributed by atoms with van der Waals surface area (Å²) in [7, 11) is 0. The SMILES string of the molecule is O=c1cc(/N=C/c2coc3cc(Br)ccc3c2=O)[nH]c(=O)[nH]1. The van der Waals surface area contributed by atoms with Crippen molar-refractivity contribution in [2.75, 3.05) is 0 Å². The van der Waals surface area contributed by atoms with Crippen LogP contribution in [0.25, 0.3) is 11.0 Å². The van der Waals surface area contributed by atoms with Crippen LogP contribution in [0.1, 0.15) is 5.56 Å². The van der Waals surface area contributed by atoms with Gasteiger partial charge in [-0.2, -0.15) is 0 Å². The van der Waals surface area contributed by atoms with Crippen molar-refractivity contribution in [3.8, 4) is 0 Å². The second kappa shape index (κ2) is 5.57. The van der Waals surface area contributed by atoms with Gasteiger partial charge in [0.2, 0.25) is 5.43 Å². The number of rotatable bonds is 2. The molecule has 0 atom stereocenters. The second-order valence-corrected chi connectivity index (χ2v) is 5.31. The predicted molar refractivity (Wildman–Crippen MR) is 85.1 cm³/mol. The fraction of sp³-hybridized carbons (Fsp3) is 0. The third kappa shape index (κ3) is 2.82. The molecule has 0 saturated carbocycles. The molecule has 7 nitrogen and oxygen atoms in total. The zero-order chi connectivity index (χ0) is 15.7. The molecule has 2 aromatic heterocycles. The third-order valence-corrected chi connectivity index (χ3v) is 3.35. The maximum atomic E-state index is 12.3. The number of benzene rings is 1. The zero-order valence-corrected chi connectivity index (χ0v) is 12.5. The Bertz CT molecular complexity index is 1030. The minimum Gasteiger partial charge on any atom is -0.463 e. The number of aromatic amines is 2. The highest BCUT2D eigenvalue weighted by atomic mass is 79.9. The summed E-state index contributed by atoms with van der Waals surface area (Å²) in [5.41, 5.74) is -0.858. The van der Waals surface area contributed by atoms with E-state index in [9.17, 15) is 14.4 Å². The molecule has 0 amide bonds. The Morgan fingerprint density at radius 2 is 1.95 bits per heavy atom. The fourth-order valence-corrected chi connectivity index (χ4v) is 2.21. The minimum absolute atomic E-state index is 0.0454. The van der Waals surface area contributed by atoms with Gasteiger partial charge in [-0.25, -0.2) is 9.79 Å². The maximum Gasteiger partial charge on any atom is 0.327 e. The van der Waals surface area contributed by atoms with Gasteiger partial charge in [0.15, 0.2) is 0 Å². The molecule has 0 bridgehead atoms. The monoisotopic (exact) mass is 361 g/mol. The smallest absolute Gasteiger partial charge is 0.327 e. The van der Waals surface area contributed by atoms with Crippen LogP contribution in [-0.4, -0.2) is 16.2 Å². The van der Waals surface area contributed by atoms with E-state index >= 15 is 0 Å². The Hall–Kier alpha value is -2.74. The number of H-pyrrole nitrogens is 2. The second-order valence-electron chi connectivity index (χ2n) is 4.39.